The summed E-state index contributed by atoms with van der Waals surface area (Å²) in [5.41, 5.74) is 5.90. The van der Waals surface area contributed by atoms with Crippen LogP contribution >= 0.6 is 0 Å². The molecule has 0 bridgehead atoms. The van der Waals surface area contributed by atoms with Crippen LogP contribution in [0.4, 0.5) is 5.69 Å². The van der Waals surface area contributed by atoms with Crippen molar-refractivity contribution in [1.82, 2.24) is 0 Å². The second-order valence-electron chi connectivity index (χ2n) is 7.54. The van der Waals surface area contributed by atoms with Crippen molar-refractivity contribution in [3.8, 4) is 0 Å². The van der Waals surface area contributed by atoms with Crippen molar-refractivity contribution in [3.63, 3.8) is 0 Å². The van der Waals surface area contributed by atoms with E-state index in [9.17, 15) is 4.79 Å². The lowest BCUT2D eigenvalue weighted by Crippen LogP contribution is -2.36. The van der Waals surface area contributed by atoms with Gasteiger partial charge in [0, 0.05) is 23.8 Å². The van der Waals surface area contributed by atoms with Gasteiger partial charge in [-0.2, -0.15) is 0 Å². The van der Waals surface area contributed by atoms with Gasteiger partial charge in [-0.25, -0.2) is 0 Å². The fourth-order valence-corrected chi connectivity index (χ4v) is 4.40. The molecule has 1 saturated heterocycles. The zero-order valence-corrected chi connectivity index (χ0v) is 16.0. The Balaban J connectivity index is 1.65. The van der Waals surface area contributed by atoms with Crippen molar-refractivity contribution in [2.24, 2.45) is 5.92 Å². The van der Waals surface area contributed by atoms with E-state index in [4.69, 9.17) is 9.47 Å². The Labute approximate surface area is 160 Å². The molecule has 4 rings (SSSR count). The van der Waals surface area contributed by atoms with E-state index in [1.165, 1.54) is 16.7 Å². The van der Waals surface area contributed by atoms with Gasteiger partial charge >= 0.3 is 5.97 Å². The number of carbonyl (C=O) groups excluding carboxylic acids is 1. The molecule has 0 spiro atoms. The average molecular weight is 365 g/mol. The van der Waals surface area contributed by atoms with Crippen molar-refractivity contribution < 1.29 is 14.3 Å². The van der Waals surface area contributed by atoms with E-state index in [1.807, 2.05) is 19.1 Å². The van der Waals surface area contributed by atoms with Crippen LogP contribution in [0.1, 0.15) is 54.2 Å². The molecule has 0 aromatic heterocycles. The number of rotatable bonds is 4. The minimum atomic E-state index is -0.175. The van der Waals surface area contributed by atoms with Gasteiger partial charge in [0.2, 0.25) is 0 Å². The predicted octanol–water partition coefficient (Wildman–Crippen LogP) is 4.74. The summed E-state index contributed by atoms with van der Waals surface area (Å²) in [6.07, 6.45) is 2.67. The van der Waals surface area contributed by atoms with Crippen LogP contribution in [0, 0.1) is 12.8 Å². The zero-order chi connectivity index (χ0) is 18.8. The Bertz CT molecular complexity index is 832. The van der Waals surface area contributed by atoms with Gasteiger partial charge in [0.05, 0.1) is 25.2 Å². The molecule has 2 heterocycles. The molecular weight excluding hydrogens is 338 g/mol. The Hall–Kier alpha value is -2.33. The van der Waals surface area contributed by atoms with Crippen molar-refractivity contribution in [1.29, 1.82) is 0 Å². The first-order chi connectivity index (χ1) is 13.2. The SMILES string of the molecule is CCOC(=O)Cc1cccc([C@@H]2Nc3ccc(C)cc3[C@@H]3OCCC[C@H]23)c1. The summed E-state index contributed by atoms with van der Waals surface area (Å²) in [4.78, 5) is 11.9. The van der Waals surface area contributed by atoms with Gasteiger partial charge < -0.3 is 14.8 Å². The minimum absolute atomic E-state index is 0.133. The number of carbonyl (C=O) groups is 1. The Morgan fingerprint density at radius 1 is 1.26 bits per heavy atom. The summed E-state index contributed by atoms with van der Waals surface area (Å²) in [6, 6.07) is 15.1. The molecule has 142 valence electrons. The van der Waals surface area contributed by atoms with Crippen LogP contribution < -0.4 is 5.32 Å². The van der Waals surface area contributed by atoms with Crippen LogP contribution in [0.15, 0.2) is 42.5 Å². The number of nitrogens with one attached hydrogen (secondary N) is 1. The topological polar surface area (TPSA) is 47.6 Å². The molecule has 0 radical (unpaired) electrons. The largest absolute Gasteiger partial charge is 0.466 e. The first-order valence-electron chi connectivity index (χ1n) is 9.89. The summed E-state index contributed by atoms with van der Waals surface area (Å²) < 4.78 is 11.3. The van der Waals surface area contributed by atoms with E-state index < -0.39 is 0 Å². The molecule has 1 N–H and O–H groups in total. The van der Waals surface area contributed by atoms with Crippen LogP contribution in [0.5, 0.6) is 0 Å². The van der Waals surface area contributed by atoms with E-state index >= 15 is 0 Å². The quantitative estimate of drug-likeness (QED) is 0.796. The first-order valence-corrected chi connectivity index (χ1v) is 9.89. The maximum absolute atomic E-state index is 11.9. The number of benzene rings is 2. The highest BCUT2D eigenvalue weighted by atomic mass is 16.5. The molecule has 2 aromatic carbocycles. The molecule has 3 atom stereocenters. The van der Waals surface area contributed by atoms with Crippen LogP contribution in [-0.4, -0.2) is 19.2 Å². The predicted molar refractivity (Wildman–Crippen MR) is 106 cm³/mol. The smallest absolute Gasteiger partial charge is 0.310 e. The lowest BCUT2D eigenvalue weighted by Gasteiger charge is -2.43. The van der Waals surface area contributed by atoms with Gasteiger partial charge in [0.15, 0.2) is 0 Å². The minimum Gasteiger partial charge on any atom is -0.466 e. The Morgan fingerprint density at radius 3 is 3.00 bits per heavy atom. The zero-order valence-electron chi connectivity index (χ0n) is 16.0. The van der Waals surface area contributed by atoms with Crippen molar-refractivity contribution in [3.05, 3.63) is 64.7 Å². The summed E-state index contributed by atoms with van der Waals surface area (Å²) in [7, 11) is 0. The lowest BCUT2D eigenvalue weighted by molar-refractivity contribution is -0.142. The maximum atomic E-state index is 11.9. The highest BCUT2D eigenvalue weighted by molar-refractivity contribution is 5.72. The number of ether oxygens (including phenoxy) is 2. The Kier molecular flexibility index (Phi) is 5.17. The summed E-state index contributed by atoms with van der Waals surface area (Å²) in [6.45, 7) is 5.20. The monoisotopic (exact) mass is 365 g/mol. The molecular formula is C23H27NO3. The van der Waals surface area contributed by atoms with E-state index in [1.54, 1.807) is 0 Å². The molecule has 4 nitrogen and oxygen atoms in total. The summed E-state index contributed by atoms with van der Waals surface area (Å²) >= 11 is 0. The van der Waals surface area contributed by atoms with Gasteiger partial charge in [-0.15, -0.1) is 0 Å². The van der Waals surface area contributed by atoms with E-state index in [2.05, 4.69) is 42.6 Å². The number of hydrogen-bond acceptors (Lipinski definition) is 4. The van der Waals surface area contributed by atoms with Crippen molar-refractivity contribution in [2.75, 3.05) is 18.5 Å². The van der Waals surface area contributed by atoms with Gasteiger partial charge in [0.25, 0.3) is 0 Å². The van der Waals surface area contributed by atoms with Gasteiger partial charge in [-0.05, 0) is 43.9 Å². The van der Waals surface area contributed by atoms with E-state index in [0.717, 1.165) is 30.7 Å². The van der Waals surface area contributed by atoms with Crippen LogP contribution in [0.25, 0.3) is 0 Å². The first kappa shape index (κ1) is 18.1. The number of hydrogen-bond donors (Lipinski definition) is 1. The molecule has 2 aromatic rings. The molecule has 2 aliphatic rings. The third-order valence-electron chi connectivity index (χ3n) is 5.58. The van der Waals surface area contributed by atoms with Gasteiger partial charge in [0.1, 0.15) is 0 Å². The highest BCUT2D eigenvalue weighted by Crippen LogP contribution is 2.49. The number of anilines is 1. The van der Waals surface area contributed by atoms with Crippen molar-refractivity contribution >= 4 is 11.7 Å². The van der Waals surface area contributed by atoms with Crippen molar-refractivity contribution in [2.45, 2.75) is 45.3 Å². The van der Waals surface area contributed by atoms with Crippen LogP contribution in [-0.2, 0) is 20.7 Å². The lowest BCUT2D eigenvalue weighted by atomic mass is 9.77. The fourth-order valence-electron chi connectivity index (χ4n) is 4.40. The van der Waals surface area contributed by atoms with Crippen LogP contribution in [0.2, 0.25) is 0 Å². The summed E-state index contributed by atoms with van der Waals surface area (Å²) in [5.74, 6) is 0.219. The van der Waals surface area contributed by atoms with Gasteiger partial charge in [-0.3, -0.25) is 4.79 Å². The molecule has 2 aliphatic heterocycles. The number of esters is 1. The molecule has 0 amide bonds. The van der Waals surface area contributed by atoms with E-state index in [-0.39, 0.29) is 18.1 Å². The maximum Gasteiger partial charge on any atom is 0.310 e. The molecule has 0 saturated carbocycles. The van der Waals surface area contributed by atoms with Crippen LogP contribution in [0.3, 0.4) is 0 Å². The third kappa shape index (κ3) is 3.72. The number of aryl methyl sites for hydroxylation is 1. The summed E-state index contributed by atoms with van der Waals surface area (Å²) in [5, 5.41) is 3.75. The molecule has 0 aliphatic carbocycles. The fraction of sp³-hybridized carbons (Fsp3) is 0.435. The second-order valence-corrected chi connectivity index (χ2v) is 7.54. The molecule has 27 heavy (non-hydrogen) atoms. The Morgan fingerprint density at radius 2 is 2.15 bits per heavy atom. The van der Waals surface area contributed by atoms with Gasteiger partial charge in [-0.1, -0.05) is 42.0 Å². The number of fused-ring (bicyclic) bond motifs is 3. The molecule has 4 heteroatoms. The average Bonchev–Trinajstić information content (AvgIpc) is 2.68. The normalized spacial score (nSPS) is 23.7. The standard InChI is InChI=1S/C23H27NO3/c1-3-26-21(25)14-16-6-4-7-17(13-16)22-18-8-5-11-27-23(18)19-12-15(2)9-10-20(19)24-22/h4,6-7,9-10,12-13,18,22-24H,3,5,8,11,14H2,1-2H3/t18-,22+,23-/m1/s1. The highest BCUT2D eigenvalue weighted by Gasteiger charge is 2.39. The second kappa shape index (κ2) is 7.73. The molecule has 0 unspecified atom stereocenters. The third-order valence-corrected chi connectivity index (χ3v) is 5.58. The van der Waals surface area contributed by atoms with E-state index in [0.29, 0.717) is 18.9 Å². The molecule has 1 fully saturated rings.